The number of nitrogens with one attached hydrogen (secondary N) is 1. The highest BCUT2D eigenvalue weighted by Gasteiger charge is 2.15. The number of ether oxygens (including phenoxy) is 1. The lowest BCUT2D eigenvalue weighted by Crippen LogP contribution is -2.22. The van der Waals surface area contributed by atoms with Crippen LogP contribution in [0.5, 0.6) is 0 Å². The van der Waals surface area contributed by atoms with Crippen molar-refractivity contribution in [2.45, 2.75) is 47.5 Å². The summed E-state index contributed by atoms with van der Waals surface area (Å²) in [5, 5.41) is 7.59. The summed E-state index contributed by atoms with van der Waals surface area (Å²) in [4.78, 5) is 28.9. The highest BCUT2D eigenvalue weighted by Crippen LogP contribution is 2.27. The highest BCUT2D eigenvalue weighted by atomic mass is 35.5. The first-order chi connectivity index (χ1) is 14.2. The van der Waals surface area contributed by atoms with E-state index in [-0.39, 0.29) is 13.0 Å². The molecule has 0 aliphatic carbocycles. The number of nitrogens with zero attached hydrogens (tertiary/aromatic N) is 3. The first-order valence-electron chi connectivity index (χ1n) is 9.70. The van der Waals surface area contributed by atoms with Crippen molar-refractivity contribution >= 4 is 34.8 Å². The highest BCUT2D eigenvalue weighted by molar-refractivity contribution is 6.34. The third-order valence-electron chi connectivity index (χ3n) is 4.93. The molecule has 3 rings (SSSR count). The molecule has 0 atom stereocenters. The van der Waals surface area contributed by atoms with Crippen molar-refractivity contribution in [3.8, 4) is 0 Å². The average Bonchev–Trinajstić information content (AvgIpc) is 3.03. The molecular formula is C22H25ClN4O3. The maximum atomic E-state index is 12.2. The lowest BCUT2D eigenvalue weighted by atomic mass is 10.1. The first kappa shape index (κ1) is 21.8. The Morgan fingerprint density at radius 1 is 1.13 bits per heavy atom. The van der Waals surface area contributed by atoms with Crippen molar-refractivity contribution in [3.05, 3.63) is 57.0 Å². The van der Waals surface area contributed by atoms with Gasteiger partial charge in [0.1, 0.15) is 0 Å². The fourth-order valence-corrected chi connectivity index (χ4v) is 3.87. The number of benzene rings is 1. The summed E-state index contributed by atoms with van der Waals surface area (Å²) in [7, 11) is 0. The number of aryl methyl sites for hydroxylation is 5. The largest absolute Gasteiger partial charge is 0.456 e. The molecule has 2 heterocycles. The predicted octanol–water partition coefficient (Wildman–Crippen LogP) is 4.04. The maximum absolute atomic E-state index is 12.2. The SMILES string of the molecule is Cc1cc(C)c(NC(=O)COC(=O)CCc2c(C)nc3cc(C)nn3c2C)c(Cl)c1. The molecule has 158 valence electrons. The zero-order chi connectivity index (χ0) is 22.0. The van der Waals surface area contributed by atoms with Crippen LogP contribution in [0.4, 0.5) is 5.69 Å². The second-order valence-corrected chi connectivity index (χ2v) is 7.87. The monoisotopic (exact) mass is 428 g/mol. The van der Waals surface area contributed by atoms with Gasteiger partial charge in [-0.3, -0.25) is 9.59 Å². The van der Waals surface area contributed by atoms with Crippen molar-refractivity contribution in [2.24, 2.45) is 0 Å². The van der Waals surface area contributed by atoms with E-state index in [1.165, 1.54) is 0 Å². The summed E-state index contributed by atoms with van der Waals surface area (Å²) in [5.41, 5.74) is 6.81. The van der Waals surface area contributed by atoms with Crippen LogP contribution in [0.15, 0.2) is 18.2 Å². The van der Waals surface area contributed by atoms with Gasteiger partial charge >= 0.3 is 5.97 Å². The van der Waals surface area contributed by atoms with E-state index in [0.717, 1.165) is 39.4 Å². The number of hydrogen-bond donors (Lipinski definition) is 1. The number of carbonyl (C=O) groups excluding carboxylic acids is 2. The number of carbonyl (C=O) groups is 2. The molecule has 0 aliphatic heterocycles. The van der Waals surface area contributed by atoms with Crippen LogP contribution in [-0.4, -0.2) is 33.1 Å². The molecule has 1 aromatic carbocycles. The number of halogens is 1. The molecule has 3 aromatic rings. The molecule has 0 unspecified atom stereocenters. The summed E-state index contributed by atoms with van der Waals surface area (Å²) in [6, 6.07) is 5.61. The molecule has 8 heteroatoms. The zero-order valence-electron chi connectivity index (χ0n) is 17.8. The van der Waals surface area contributed by atoms with Gasteiger partial charge in [0, 0.05) is 23.9 Å². The van der Waals surface area contributed by atoms with E-state index in [1.807, 2.05) is 46.8 Å². The molecule has 0 radical (unpaired) electrons. The van der Waals surface area contributed by atoms with E-state index < -0.39 is 11.9 Å². The Morgan fingerprint density at radius 3 is 2.57 bits per heavy atom. The standard InChI is InChI=1S/C22H25ClN4O3/c1-12-8-13(2)22(18(23)9-12)25-20(28)11-30-21(29)7-6-17-15(4)24-19-10-14(3)26-27(19)16(17)5/h8-10H,6-7,11H2,1-5H3,(H,25,28). The van der Waals surface area contributed by atoms with E-state index >= 15 is 0 Å². The third-order valence-corrected chi connectivity index (χ3v) is 5.22. The van der Waals surface area contributed by atoms with E-state index in [2.05, 4.69) is 15.4 Å². The van der Waals surface area contributed by atoms with Crippen molar-refractivity contribution in [1.29, 1.82) is 0 Å². The lowest BCUT2D eigenvalue weighted by Gasteiger charge is -2.12. The Hall–Kier alpha value is -2.93. The Bertz CT molecular complexity index is 1110. The Balaban J connectivity index is 1.57. The number of esters is 1. The van der Waals surface area contributed by atoms with Crippen LogP contribution in [0.3, 0.4) is 0 Å². The maximum Gasteiger partial charge on any atom is 0.306 e. The molecule has 0 fully saturated rings. The fourth-order valence-electron chi connectivity index (χ4n) is 3.50. The van der Waals surface area contributed by atoms with Crippen LogP contribution in [-0.2, 0) is 20.7 Å². The molecule has 0 saturated heterocycles. The molecule has 2 aromatic heterocycles. The quantitative estimate of drug-likeness (QED) is 0.599. The summed E-state index contributed by atoms with van der Waals surface area (Å²) in [6.07, 6.45) is 0.607. The zero-order valence-corrected chi connectivity index (χ0v) is 18.6. The van der Waals surface area contributed by atoms with Gasteiger partial charge in [0.05, 0.1) is 16.4 Å². The van der Waals surface area contributed by atoms with Crippen molar-refractivity contribution < 1.29 is 14.3 Å². The first-order valence-corrected chi connectivity index (χ1v) is 10.1. The number of aromatic nitrogens is 3. The topological polar surface area (TPSA) is 85.6 Å². The Morgan fingerprint density at radius 2 is 1.87 bits per heavy atom. The fraction of sp³-hybridized carbons (Fsp3) is 0.364. The summed E-state index contributed by atoms with van der Waals surface area (Å²) in [5.74, 6) is -0.882. The van der Waals surface area contributed by atoms with Crippen LogP contribution in [0, 0.1) is 34.6 Å². The summed E-state index contributed by atoms with van der Waals surface area (Å²) >= 11 is 6.20. The summed E-state index contributed by atoms with van der Waals surface area (Å²) < 4.78 is 6.92. The normalized spacial score (nSPS) is 11.0. The van der Waals surface area contributed by atoms with Gasteiger partial charge in [-0.1, -0.05) is 17.7 Å². The van der Waals surface area contributed by atoms with Gasteiger partial charge in [0.15, 0.2) is 12.3 Å². The van der Waals surface area contributed by atoms with Gasteiger partial charge in [0.2, 0.25) is 0 Å². The average molecular weight is 429 g/mol. The van der Waals surface area contributed by atoms with Crippen LogP contribution in [0.25, 0.3) is 5.65 Å². The minimum atomic E-state index is -0.451. The van der Waals surface area contributed by atoms with Crippen molar-refractivity contribution in [3.63, 3.8) is 0 Å². The molecule has 30 heavy (non-hydrogen) atoms. The minimum Gasteiger partial charge on any atom is -0.456 e. The van der Waals surface area contributed by atoms with E-state index in [9.17, 15) is 9.59 Å². The van der Waals surface area contributed by atoms with Gasteiger partial charge in [-0.05, 0) is 63.8 Å². The van der Waals surface area contributed by atoms with Gasteiger partial charge in [0.25, 0.3) is 5.91 Å². The van der Waals surface area contributed by atoms with Crippen LogP contribution < -0.4 is 5.32 Å². The van der Waals surface area contributed by atoms with Gasteiger partial charge in [-0.25, -0.2) is 9.50 Å². The van der Waals surface area contributed by atoms with E-state index in [0.29, 0.717) is 17.1 Å². The number of amides is 1. The van der Waals surface area contributed by atoms with Crippen molar-refractivity contribution in [1.82, 2.24) is 14.6 Å². The second kappa shape index (κ2) is 8.83. The van der Waals surface area contributed by atoms with Crippen LogP contribution in [0.2, 0.25) is 5.02 Å². The predicted molar refractivity (Wildman–Crippen MR) is 116 cm³/mol. The molecule has 0 aliphatic rings. The lowest BCUT2D eigenvalue weighted by molar-refractivity contribution is -0.147. The van der Waals surface area contributed by atoms with Gasteiger partial charge in [-0.15, -0.1) is 0 Å². The minimum absolute atomic E-state index is 0.146. The molecular weight excluding hydrogens is 404 g/mol. The Labute approximate surface area is 180 Å². The molecule has 1 N–H and O–H groups in total. The smallest absolute Gasteiger partial charge is 0.306 e. The number of fused-ring (bicyclic) bond motifs is 1. The van der Waals surface area contributed by atoms with E-state index in [1.54, 1.807) is 10.6 Å². The van der Waals surface area contributed by atoms with E-state index in [4.69, 9.17) is 16.3 Å². The van der Waals surface area contributed by atoms with Crippen molar-refractivity contribution in [2.75, 3.05) is 11.9 Å². The molecule has 0 saturated carbocycles. The summed E-state index contributed by atoms with van der Waals surface area (Å²) in [6.45, 7) is 9.20. The number of hydrogen-bond acceptors (Lipinski definition) is 5. The molecule has 1 amide bonds. The van der Waals surface area contributed by atoms with Crippen LogP contribution in [0.1, 0.15) is 40.2 Å². The molecule has 7 nitrogen and oxygen atoms in total. The molecule has 0 spiro atoms. The third kappa shape index (κ3) is 4.79. The molecule has 0 bridgehead atoms. The Kier molecular flexibility index (Phi) is 6.41. The van der Waals surface area contributed by atoms with Crippen LogP contribution >= 0.6 is 11.6 Å². The number of rotatable bonds is 6. The number of anilines is 1. The van der Waals surface area contributed by atoms with Gasteiger partial charge in [-0.2, -0.15) is 5.10 Å². The van der Waals surface area contributed by atoms with Gasteiger partial charge < -0.3 is 10.1 Å². The second-order valence-electron chi connectivity index (χ2n) is 7.46.